The fourth-order valence-corrected chi connectivity index (χ4v) is 2.84. The molecule has 0 saturated carbocycles. The molecule has 0 aromatic heterocycles. The second-order valence-corrected chi connectivity index (χ2v) is 5.42. The van der Waals surface area contributed by atoms with Gasteiger partial charge in [0.05, 0.1) is 0 Å². The topological polar surface area (TPSA) is 53.6 Å². The van der Waals surface area contributed by atoms with Crippen LogP contribution in [-0.2, 0) is 0 Å². The highest BCUT2D eigenvalue weighted by Gasteiger charge is 2.34. The highest BCUT2D eigenvalue weighted by molar-refractivity contribution is 7.98. The van der Waals surface area contributed by atoms with Crippen molar-refractivity contribution in [2.24, 2.45) is 16.1 Å². The number of hydrogen-bond donors (Lipinski definition) is 2. The molecular formula is C10H20N4S. The lowest BCUT2D eigenvalue weighted by Crippen LogP contribution is -2.44. The molecule has 1 fully saturated rings. The number of nitrogens with one attached hydrogen (secondary N) is 1. The third-order valence-electron chi connectivity index (χ3n) is 3.53. The van der Waals surface area contributed by atoms with Crippen LogP contribution in [0.15, 0.2) is 4.99 Å². The average molecular weight is 228 g/mol. The predicted molar refractivity (Wildman–Crippen MR) is 65.9 cm³/mol. The first-order valence-corrected chi connectivity index (χ1v) is 6.52. The first kappa shape index (κ1) is 11.2. The largest absolute Gasteiger partial charge is 0.330 e. The number of piperidine rings is 1. The number of likely N-dealkylation sites (tertiary alicyclic amines) is 1. The molecule has 2 rings (SSSR count). The smallest absolute Gasteiger partial charge is 0.108 e. The maximum Gasteiger partial charge on any atom is 0.108 e. The molecule has 0 bridgehead atoms. The molecule has 0 radical (unpaired) electrons. The van der Waals surface area contributed by atoms with E-state index in [1.165, 1.54) is 12.8 Å². The summed E-state index contributed by atoms with van der Waals surface area (Å²) in [6.07, 6.45) is 3.43. The van der Waals surface area contributed by atoms with Crippen molar-refractivity contribution in [3.8, 4) is 0 Å². The van der Waals surface area contributed by atoms with Crippen molar-refractivity contribution in [1.29, 1.82) is 0 Å². The van der Waals surface area contributed by atoms with Gasteiger partial charge in [-0.1, -0.05) is 0 Å². The molecular weight excluding hydrogens is 208 g/mol. The van der Waals surface area contributed by atoms with Crippen LogP contribution < -0.4 is 10.5 Å². The number of hydrogen-bond acceptors (Lipinski definition) is 5. The normalized spacial score (nSPS) is 26.1. The van der Waals surface area contributed by atoms with Crippen molar-refractivity contribution in [3.05, 3.63) is 0 Å². The number of rotatable bonds is 3. The summed E-state index contributed by atoms with van der Waals surface area (Å²) >= 11 is 1.68. The summed E-state index contributed by atoms with van der Waals surface area (Å²) in [5.74, 6) is 2.01. The number of nitrogens with zero attached hydrogens (tertiary/aromatic N) is 2. The van der Waals surface area contributed by atoms with E-state index in [4.69, 9.17) is 5.73 Å². The Labute approximate surface area is 95.8 Å². The van der Waals surface area contributed by atoms with Gasteiger partial charge >= 0.3 is 0 Å². The Morgan fingerprint density at radius 2 is 2.27 bits per heavy atom. The van der Waals surface area contributed by atoms with Gasteiger partial charge in [-0.3, -0.25) is 4.99 Å². The molecule has 0 aromatic carbocycles. The summed E-state index contributed by atoms with van der Waals surface area (Å²) in [5.41, 5.74) is 6.25. The third kappa shape index (κ3) is 2.65. The van der Waals surface area contributed by atoms with Gasteiger partial charge in [0.25, 0.3) is 0 Å². The van der Waals surface area contributed by atoms with Gasteiger partial charge in [0, 0.05) is 6.42 Å². The van der Waals surface area contributed by atoms with Crippen LogP contribution in [0.2, 0.25) is 0 Å². The monoisotopic (exact) mass is 228 g/mol. The van der Waals surface area contributed by atoms with Crippen molar-refractivity contribution >= 4 is 17.8 Å². The first-order valence-electron chi connectivity index (χ1n) is 5.54. The van der Waals surface area contributed by atoms with E-state index < -0.39 is 0 Å². The fourth-order valence-electron chi connectivity index (χ4n) is 2.25. The highest BCUT2D eigenvalue weighted by Crippen LogP contribution is 2.34. The molecule has 2 heterocycles. The molecule has 0 amide bonds. The molecule has 3 N–H and O–H groups in total. The lowest BCUT2D eigenvalue weighted by Gasteiger charge is -2.39. The van der Waals surface area contributed by atoms with Crippen molar-refractivity contribution in [3.63, 3.8) is 0 Å². The molecule has 0 atom stereocenters. The summed E-state index contributed by atoms with van der Waals surface area (Å²) < 4.78 is 3.27. The van der Waals surface area contributed by atoms with E-state index in [1.807, 2.05) is 0 Å². The maximum atomic E-state index is 5.95. The predicted octanol–water partition coefficient (Wildman–Crippen LogP) is 0.655. The van der Waals surface area contributed by atoms with Crippen LogP contribution in [0, 0.1) is 5.41 Å². The van der Waals surface area contributed by atoms with Gasteiger partial charge in [-0.25, -0.2) is 0 Å². The minimum Gasteiger partial charge on any atom is -0.330 e. The molecule has 4 nitrogen and oxygen atoms in total. The molecule has 86 valence electrons. The molecule has 2 aliphatic rings. The van der Waals surface area contributed by atoms with Gasteiger partial charge in [-0.05, 0) is 56.9 Å². The number of aliphatic imine (C=N–C) groups is 1. The van der Waals surface area contributed by atoms with Gasteiger partial charge in [0.2, 0.25) is 0 Å². The van der Waals surface area contributed by atoms with E-state index in [0.717, 1.165) is 37.8 Å². The Kier molecular flexibility index (Phi) is 3.53. The Morgan fingerprint density at radius 3 is 2.80 bits per heavy atom. The van der Waals surface area contributed by atoms with Crippen molar-refractivity contribution in [1.82, 2.24) is 9.62 Å². The van der Waals surface area contributed by atoms with Crippen LogP contribution in [-0.4, -0.2) is 43.3 Å². The first-order chi connectivity index (χ1) is 7.24. The fraction of sp³-hybridized carbons (Fsp3) is 0.900. The van der Waals surface area contributed by atoms with Crippen molar-refractivity contribution in [2.75, 3.05) is 32.6 Å². The van der Waals surface area contributed by atoms with Crippen molar-refractivity contribution < 1.29 is 0 Å². The van der Waals surface area contributed by atoms with E-state index in [2.05, 4.69) is 21.7 Å². The van der Waals surface area contributed by atoms with E-state index in [1.54, 1.807) is 11.9 Å². The molecule has 0 aromatic rings. The Bertz CT molecular complexity index is 246. The van der Waals surface area contributed by atoms with Gasteiger partial charge in [0.1, 0.15) is 11.7 Å². The van der Waals surface area contributed by atoms with E-state index in [-0.39, 0.29) is 0 Å². The molecule has 15 heavy (non-hydrogen) atoms. The van der Waals surface area contributed by atoms with Crippen LogP contribution in [0.3, 0.4) is 0 Å². The zero-order chi connectivity index (χ0) is 10.7. The third-order valence-corrected chi connectivity index (χ3v) is 4.17. The standard InChI is InChI=1S/C10H20N4S/c1-14-4-2-10(7-11,3-5-14)6-9-12-8-15-13-9/h2-8,11H2,1H3,(H,12,13). The van der Waals surface area contributed by atoms with Crippen molar-refractivity contribution in [2.45, 2.75) is 19.3 Å². The van der Waals surface area contributed by atoms with Gasteiger partial charge in [0.15, 0.2) is 0 Å². The van der Waals surface area contributed by atoms with E-state index >= 15 is 0 Å². The Hall–Kier alpha value is -0.260. The van der Waals surface area contributed by atoms with Crippen LogP contribution in [0.25, 0.3) is 0 Å². The lowest BCUT2D eigenvalue weighted by molar-refractivity contribution is 0.135. The van der Waals surface area contributed by atoms with Crippen LogP contribution in [0.1, 0.15) is 19.3 Å². The second kappa shape index (κ2) is 4.72. The second-order valence-electron chi connectivity index (χ2n) is 4.66. The SMILES string of the molecule is CN1CCC(CN)(CC2=NCSN2)CC1. The van der Waals surface area contributed by atoms with Crippen LogP contribution in [0.4, 0.5) is 0 Å². The van der Waals surface area contributed by atoms with Gasteiger partial charge in [-0.2, -0.15) is 0 Å². The van der Waals surface area contributed by atoms with E-state index in [0.29, 0.717) is 5.41 Å². The number of nitrogens with two attached hydrogens (primary N) is 1. The van der Waals surface area contributed by atoms with Crippen LogP contribution >= 0.6 is 11.9 Å². The van der Waals surface area contributed by atoms with Crippen LogP contribution in [0.5, 0.6) is 0 Å². The summed E-state index contributed by atoms with van der Waals surface area (Å²) in [5, 5.41) is 0. The molecule has 0 aliphatic carbocycles. The maximum absolute atomic E-state index is 5.95. The number of amidine groups is 1. The molecule has 0 unspecified atom stereocenters. The molecule has 5 heteroatoms. The summed E-state index contributed by atoms with van der Waals surface area (Å²) in [6, 6.07) is 0. The Morgan fingerprint density at radius 1 is 1.53 bits per heavy atom. The Balaban J connectivity index is 1.95. The van der Waals surface area contributed by atoms with Gasteiger partial charge in [-0.15, -0.1) is 0 Å². The quantitative estimate of drug-likeness (QED) is 0.697. The minimum absolute atomic E-state index is 0.295. The minimum atomic E-state index is 0.295. The zero-order valence-electron chi connectivity index (χ0n) is 9.33. The highest BCUT2D eigenvalue weighted by atomic mass is 32.2. The summed E-state index contributed by atoms with van der Waals surface area (Å²) in [6.45, 7) is 3.11. The summed E-state index contributed by atoms with van der Waals surface area (Å²) in [7, 11) is 2.18. The zero-order valence-corrected chi connectivity index (χ0v) is 10.1. The summed E-state index contributed by atoms with van der Waals surface area (Å²) in [4.78, 5) is 6.82. The molecule has 2 aliphatic heterocycles. The average Bonchev–Trinajstić information content (AvgIpc) is 2.75. The van der Waals surface area contributed by atoms with Gasteiger partial charge < -0.3 is 15.4 Å². The molecule has 0 spiro atoms. The van der Waals surface area contributed by atoms with E-state index in [9.17, 15) is 0 Å². The lowest BCUT2D eigenvalue weighted by atomic mass is 9.75. The molecule has 1 saturated heterocycles.